The molecule has 6 nitrogen and oxygen atoms in total. The van der Waals surface area contributed by atoms with Gasteiger partial charge in [-0.15, -0.1) is 5.10 Å². The first kappa shape index (κ1) is 13.1. The van der Waals surface area contributed by atoms with Crippen molar-refractivity contribution >= 4 is 11.6 Å². The number of rotatable bonds is 3. The topological polar surface area (TPSA) is 64.3 Å². The predicted octanol–water partition coefficient (Wildman–Crippen LogP) is 2.45. The van der Waals surface area contributed by atoms with Crippen LogP contribution in [0.15, 0.2) is 36.8 Å². The Balaban J connectivity index is 1.57. The van der Waals surface area contributed by atoms with Crippen molar-refractivity contribution < 1.29 is 4.74 Å². The molecule has 3 aromatic rings. The van der Waals surface area contributed by atoms with E-state index in [-0.39, 0.29) is 5.60 Å². The molecule has 2 aromatic heterocycles. The van der Waals surface area contributed by atoms with Crippen molar-refractivity contribution in [2.24, 2.45) is 0 Å². The molecular formula is C16H17N5O. The van der Waals surface area contributed by atoms with Crippen LogP contribution in [0.5, 0.6) is 5.75 Å². The minimum absolute atomic E-state index is 0.133. The van der Waals surface area contributed by atoms with Gasteiger partial charge in [-0.05, 0) is 19.4 Å². The third kappa shape index (κ3) is 2.26. The SMILES string of the molecule is CC1(C)Cc2cccc(CNc3nc4cnccn4n3)c2O1. The molecular weight excluding hydrogens is 278 g/mol. The van der Waals surface area contributed by atoms with Gasteiger partial charge in [0.1, 0.15) is 11.4 Å². The maximum atomic E-state index is 6.08. The predicted molar refractivity (Wildman–Crippen MR) is 83.0 cm³/mol. The second-order valence-corrected chi connectivity index (χ2v) is 6.11. The van der Waals surface area contributed by atoms with E-state index in [2.05, 4.69) is 52.4 Å². The van der Waals surface area contributed by atoms with Gasteiger partial charge in [0.15, 0.2) is 5.65 Å². The summed E-state index contributed by atoms with van der Waals surface area (Å²) in [6.07, 6.45) is 6.09. The maximum Gasteiger partial charge on any atom is 0.243 e. The summed E-state index contributed by atoms with van der Waals surface area (Å²) in [7, 11) is 0. The monoisotopic (exact) mass is 295 g/mol. The molecule has 0 saturated heterocycles. The van der Waals surface area contributed by atoms with Gasteiger partial charge in [-0.2, -0.15) is 4.98 Å². The van der Waals surface area contributed by atoms with E-state index in [9.17, 15) is 0 Å². The quantitative estimate of drug-likeness (QED) is 0.804. The molecule has 0 bridgehead atoms. The van der Waals surface area contributed by atoms with Crippen LogP contribution in [0.3, 0.4) is 0 Å². The maximum absolute atomic E-state index is 6.08. The van der Waals surface area contributed by atoms with E-state index in [0.717, 1.165) is 23.4 Å². The summed E-state index contributed by atoms with van der Waals surface area (Å²) in [5.41, 5.74) is 2.98. The van der Waals surface area contributed by atoms with Gasteiger partial charge >= 0.3 is 0 Å². The Hall–Kier alpha value is -2.63. The average Bonchev–Trinajstić information content (AvgIpc) is 3.03. The van der Waals surface area contributed by atoms with E-state index in [1.165, 1.54) is 5.56 Å². The minimum atomic E-state index is -0.133. The first-order valence-corrected chi connectivity index (χ1v) is 7.31. The number of nitrogens with one attached hydrogen (secondary N) is 1. The van der Waals surface area contributed by atoms with Crippen LogP contribution in [0.4, 0.5) is 5.95 Å². The van der Waals surface area contributed by atoms with Crippen LogP contribution in [-0.4, -0.2) is 25.2 Å². The van der Waals surface area contributed by atoms with Crippen molar-refractivity contribution in [3.8, 4) is 5.75 Å². The van der Waals surface area contributed by atoms with Crippen molar-refractivity contribution in [3.63, 3.8) is 0 Å². The Morgan fingerprint density at radius 1 is 1.36 bits per heavy atom. The first-order valence-electron chi connectivity index (χ1n) is 7.31. The third-order valence-electron chi connectivity index (χ3n) is 3.75. The van der Waals surface area contributed by atoms with Gasteiger partial charge in [0.25, 0.3) is 0 Å². The van der Waals surface area contributed by atoms with E-state index in [1.807, 2.05) is 0 Å². The molecule has 112 valence electrons. The summed E-state index contributed by atoms with van der Waals surface area (Å²) < 4.78 is 7.78. The van der Waals surface area contributed by atoms with E-state index in [0.29, 0.717) is 12.5 Å². The molecule has 4 rings (SSSR count). The molecule has 0 unspecified atom stereocenters. The van der Waals surface area contributed by atoms with Gasteiger partial charge in [0.2, 0.25) is 5.95 Å². The van der Waals surface area contributed by atoms with Crippen LogP contribution in [-0.2, 0) is 13.0 Å². The normalized spacial score (nSPS) is 15.5. The molecule has 0 fully saturated rings. The molecule has 0 aliphatic carbocycles. The molecule has 1 aliphatic heterocycles. The number of benzene rings is 1. The standard InChI is InChI=1S/C16H17N5O/c1-16(2)8-11-4-3-5-12(14(11)22-16)9-18-15-19-13-10-17-6-7-21(13)20-15/h3-7,10H,8-9H2,1-2H3,(H,18,20). The highest BCUT2D eigenvalue weighted by atomic mass is 16.5. The lowest BCUT2D eigenvalue weighted by molar-refractivity contribution is 0.137. The van der Waals surface area contributed by atoms with Crippen LogP contribution in [0.1, 0.15) is 25.0 Å². The molecule has 0 atom stereocenters. The minimum Gasteiger partial charge on any atom is -0.487 e. The Kier molecular flexibility index (Phi) is 2.79. The Morgan fingerprint density at radius 2 is 2.27 bits per heavy atom. The van der Waals surface area contributed by atoms with E-state index in [4.69, 9.17) is 4.74 Å². The molecule has 22 heavy (non-hydrogen) atoms. The molecule has 0 amide bonds. The number of anilines is 1. The largest absolute Gasteiger partial charge is 0.487 e. The third-order valence-corrected chi connectivity index (χ3v) is 3.75. The van der Waals surface area contributed by atoms with Gasteiger partial charge in [-0.3, -0.25) is 4.98 Å². The number of nitrogens with zero attached hydrogens (tertiary/aromatic N) is 4. The number of fused-ring (bicyclic) bond motifs is 2. The fourth-order valence-electron chi connectivity index (χ4n) is 2.81. The molecule has 1 N–H and O–H groups in total. The highest BCUT2D eigenvalue weighted by Gasteiger charge is 2.31. The summed E-state index contributed by atoms with van der Waals surface area (Å²) in [6, 6.07) is 6.27. The van der Waals surface area contributed by atoms with Crippen LogP contribution in [0, 0.1) is 0 Å². The number of aromatic nitrogens is 4. The summed E-state index contributed by atoms with van der Waals surface area (Å²) in [5.74, 6) is 1.58. The van der Waals surface area contributed by atoms with Crippen molar-refractivity contribution in [1.29, 1.82) is 0 Å². The summed E-state index contributed by atoms with van der Waals surface area (Å²) in [5, 5.41) is 7.62. The van der Waals surface area contributed by atoms with Gasteiger partial charge in [0.05, 0.1) is 6.20 Å². The van der Waals surface area contributed by atoms with Gasteiger partial charge in [-0.1, -0.05) is 18.2 Å². The summed E-state index contributed by atoms with van der Waals surface area (Å²) in [6.45, 7) is 4.85. The molecule has 1 aliphatic rings. The fourth-order valence-corrected chi connectivity index (χ4v) is 2.81. The molecule has 1 aromatic carbocycles. The van der Waals surface area contributed by atoms with Crippen molar-refractivity contribution in [2.75, 3.05) is 5.32 Å². The fraction of sp³-hybridized carbons (Fsp3) is 0.312. The van der Waals surface area contributed by atoms with Crippen LogP contribution < -0.4 is 10.1 Å². The van der Waals surface area contributed by atoms with Crippen molar-refractivity contribution in [1.82, 2.24) is 19.6 Å². The zero-order valence-electron chi connectivity index (χ0n) is 12.6. The van der Waals surface area contributed by atoms with E-state index < -0.39 is 0 Å². The van der Waals surface area contributed by atoms with Crippen LogP contribution in [0.25, 0.3) is 5.65 Å². The van der Waals surface area contributed by atoms with Gasteiger partial charge < -0.3 is 10.1 Å². The van der Waals surface area contributed by atoms with Crippen molar-refractivity contribution in [2.45, 2.75) is 32.4 Å². The number of ether oxygens (including phenoxy) is 1. The molecule has 0 spiro atoms. The molecule has 0 radical (unpaired) electrons. The number of hydrogen-bond donors (Lipinski definition) is 1. The van der Waals surface area contributed by atoms with Crippen LogP contribution >= 0.6 is 0 Å². The summed E-state index contributed by atoms with van der Waals surface area (Å²) >= 11 is 0. The highest BCUT2D eigenvalue weighted by molar-refractivity contribution is 5.48. The second-order valence-electron chi connectivity index (χ2n) is 6.11. The van der Waals surface area contributed by atoms with Crippen LogP contribution in [0.2, 0.25) is 0 Å². The number of para-hydroxylation sites is 1. The smallest absolute Gasteiger partial charge is 0.243 e. The Labute approximate surface area is 128 Å². The van der Waals surface area contributed by atoms with E-state index >= 15 is 0 Å². The zero-order valence-corrected chi connectivity index (χ0v) is 12.6. The number of hydrogen-bond acceptors (Lipinski definition) is 5. The molecule has 6 heteroatoms. The second kappa shape index (κ2) is 4.69. The van der Waals surface area contributed by atoms with Gasteiger partial charge in [0, 0.05) is 30.9 Å². The first-order chi connectivity index (χ1) is 10.6. The lowest BCUT2D eigenvalue weighted by atomic mass is 10.0. The lowest BCUT2D eigenvalue weighted by Gasteiger charge is -2.18. The highest BCUT2D eigenvalue weighted by Crippen LogP contribution is 2.37. The summed E-state index contributed by atoms with van der Waals surface area (Å²) in [4.78, 5) is 8.42. The molecule has 3 heterocycles. The van der Waals surface area contributed by atoms with E-state index in [1.54, 1.807) is 23.1 Å². The average molecular weight is 295 g/mol. The van der Waals surface area contributed by atoms with Gasteiger partial charge in [-0.25, -0.2) is 4.52 Å². The zero-order chi connectivity index (χ0) is 15.2. The Morgan fingerprint density at radius 3 is 3.14 bits per heavy atom. The Bertz CT molecular complexity index is 806. The van der Waals surface area contributed by atoms with Crippen molar-refractivity contribution in [3.05, 3.63) is 47.9 Å². The lowest BCUT2D eigenvalue weighted by Crippen LogP contribution is -2.25. The molecule has 0 saturated carbocycles.